The molecule has 2 aliphatic heterocycles. The number of hydrogen-bond acceptors (Lipinski definition) is 3. The average molecular weight is 349 g/mol. The maximum absolute atomic E-state index is 13.1. The third-order valence-electron chi connectivity index (χ3n) is 5.83. The molecule has 4 rings (SSSR count). The fourth-order valence-electron chi connectivity index (χ4n) is 4.22. The van der Waals surface area contributed by atoms with Crippen molar-refractivity contribution < 1.29 is 4.79 Å². The first-order valence-corrected chi connectivity index (χ1v) is 9.59. The Kier molecular flexibility index (Phi) is 4.68. The van der Waals surface area contributed by atoms with Crippen LogP contribution in [0.2, 0.25) is 0 Å². The number of benzene rings is 2. The quantitative estimate of drug-likeness (QED) is 0.852. The van der Waals surface area contributed by atoms with Crippen molar-refractivity contribution in [1.29, 1.82) is 0 Å². The highest BCUT2D eigenvalue weighted by Gasteiger charge is 2.32. The zero-order chi connectivity index (χ0) is 18.1. The molecule has 1 saturated heterocycles. The van der Waals surface area contributed by atoms with Gasteiger partial charge < -0.3 is 9.80 Å². The number of rotatable bonds is 3. The molecule has 0 aromatic heterocycles. The van der Waals surface area contributed by atoms with E-state index >= 15 is 0 Å². The first-order chi connectivity index (χ1) is 12.6. The number of fused-ring (bicyclic) bond motifs is 1. The van der Waals surface area contributed by atoms with Crippen LogP contribution in [0.4, 0.5) is 11.4 Å². The molecule has 0 spiro atoms. The predicted octanol–water partition coefficient (Wildman–Crippen LogP) is 3.09. The second-order valence-electron chi connectivity index (χ2n) is 7.35. The molecule has 0 bridgehead atoms. The summed E-state index contributed by atoms with van der Waals surface area (Å²) in [5, 5.41) is 0. The highest BCUT2D eigenvalue weighted by molar-refractivity contribution is 5.98. The summed E-state index contributed by atoms with van der Waals surface area (Å²) in [5.41, 5.74) is 5.03. The molecule has 2 aromatic rings. The van der Waals surface area contributed by atoms with Gasteiger partial charge in [0.1, 0.15) is 0 Å². The maximum atomic E-state index is 13.1. The van der Waals surface area contributed by atoms with Crippen LogP contribution < -0.4 is 9.80 Å². The molecule has 136 valence electrons. The Morgan fingerprint density at radius 2 is 1.54 bits per heavy atom. The number of carbonyl (C=O) groups is 1. The van der Waals surface area contributed by atoms with E-state index in [4.69, 9.17) is 0 Å². The SMILES string of the molecule is Cc1ccccc1N1CCN([C@@H](C)C(=O)N2CCc3ccccc32)CC1. The molecule has 2 heterocycles. The van der Waals surface area contributed by atoms with E-state index in [2.05, 4.69) is 66.1 Å². The number of carbonyl (C=O) groups excluding carboxylic acids is 1. The van der Waals surface area contributed by atoms with Gasteiger partial charge in [0, 0.05) is 44.1 Å². The van der Waals surface area contributed by atoms with Crippen LogP contribution in [0.15, 0.2) is 48.5 Å². The molecular formula is C22H27N3O. The van der Waals surface area contributed by atoms with E-state index in [1.807, 2.05) is 11.0 Å². The van der Waals surface area contributed by atoms with Gasteiger partial charge in [-0.3, -0.25) is 9.69 Å². The predicted molar refractivity (Wildman–Crippen MR) is 107 cm³/mol. The second kappa shape index (κ2) is 7.12. The Hall–Kier alpha value is -2.33. The van der Waals surface area contributed by atoms with Gasteiger partial charge in [-0.1, -0.05) is 36.4 Å². The van der Waals surface area contributed by atoms with Gasteiger partial charge in [0.2, 0.25) is 5.91 Å². The Labute approximate surface area is 156 Å². The lowest BCUT2D eigenvalue weighted by Crippen LogP contribution is -2.54. The van der Waals surface area contributed by atoms with Gasteiger partial charge in [-0.25, -0.2) is 0 Å². The number of amides is 1. The van der Waals surface area contributed by atoms with Gasteiger partial charge in [-0.05, 0) is 43.5 Å². The lowest BCUT2D eigenvalue weighted by Gasteiger charge is -2.40. The summed E-state index contributed by atoms with van der Waals surface area (Å²) in [7, 11) is 0. The smallest absolute Gasteiger partial charge is 0.244 e. The molecule has 1 atom stereocenters. The van der Waals surface area contributed by atoms with Gasteiger partial charge in [-0.2, -0.15) is 0 Å². The summed E-state index contributed by atoms with van der Waals surface area (Å²) < 4.78 is 0. The molecule has 2 aromatic carbocycles. The summed E-state index contributed by atoms with van der Waals surface area (Å²) in [5.74, 6) is 0.235. The highest BCUT2D eigenvalue weighted by atomic mass is 16.2. The number of para-hydroxylation sites is 2. The first kappa shape index (κ1) is 17.1. The summed E-state index contributed by atoms with van der Waals surface area (Å²) in [6.07, 6.45) is 0.968. The summed E-state index contributed by atoms with van der Waals surface area (Å²) in [6, 6.07) is 16.8. The van der Waals surface area contributed by atoms with Crippen molar-refractivity contribution in [2.24, 2.45) is 0 Å². The van der Waals surface area contributed by atoms with E-state index in [1.165, 1.54) is 16.8 Å². The molecular weight excluding hydrogens is 322 g/mol. The molecule has 0 aliphatic carbocycles. The maximum Gasteiger partial charge on any atom is 0.244 e. The van der Waals surface area contributed by atoms with E-state index in [9.17, 15) is 4.79 Å². The van der Waals surface area contributed by atoms with Gasteiger partial charge in [0.25, 0.3) is 0 Å². The summed E-state index contributed by atoms with van der Waals surface area (Å²) >= 11 is 0. The minimum atomic E-state index is -0.0693. The third-order valence-corrected chi connectivity index (χ3v) is 5.83. The number of aryl methyl sites for hydroxylation is 1. The fraction of sp³-hybridized carbons (Fsp3) is 0.409. The normalized spacial score (nSPS) is 18.7. The third kappa shape index (κ3) is 3.10. The average Bonchev–Trinajstić information content (AvgIpc) is 3.11. The van der Waals surface area contributed by atoms with E-state index in [-0.39, 0.29) is 11.9 Å². The van der Waals surface area contributed by atoms with Crippen molar-refractivity contribution in [2.45, 2.75) is 26.3 Å². The van der Waals surface area contributed by atoms with Crippen LogP contribution in [0.3, 0.4) is 0 Å². The standard InChI is InChI=1S/C22H27N3O/c1-17-7-3-5-9-20(17)24-15-13-23(14-16-24)18(2)22(26)25-12-11-19-8-4-6-10-21(19)25/h3-10,18H,11-16H2,1-2H3/t18-/m0/s1. The molecule has 4 nitrogen and oxygen atoms in total. The number of hydrogen-bond donors (Lipinski definition) is 0. The molecule has 4 heteroatoms. The molecule has 0 unspecified atom stereocenters. The molecule has 1 amide bonds. The van der Waals surface area contributed by atoms with Crippen molar-refractivity contribution in [1.82, 2.24) is 4.90 Å². The van der Waals surface area contributed by atoms with Crippen molar-refractivity contribution >= 4 is 17.3 Å². The Morgan fingerprint density at radius 1 is 0.885 bits per heavy atom. The molecule has 0 radical (unpaired) electrons. The lowest BCUT2D eigenvalue weighted by molar-refractivity contribution is -0.123. The Bertz CT molecular complexity index is 795. The van der Waals surface area contributed by atoms with E-state index in [0.717, 1.165) is 44.8 Å². The molecule has 26 heavy (non-hydrogen) atoms. The Balaban J connectivity index is 1.40. The van der Waals surface area contributed by atoms with Crippen LogP contribution in [0.5, 0.6) is 0 Å². The fourth-order valence-corrected chi connectivity index (χ4v) is 4.22. The molecule has 0 saturated carbocycles. The zero-order valence-electron chi connectivity index (χ0n) is 15.7. The van der Waals surface area contributed by atoms with E-state index < -0.39 is 0 Å². The minimum absolute atomic E-state index is 0.0693. The lowest BCUT2D eigenvalue weighted by atomic mass is 10.1. The molecule has 0 N–H and O–H groups in total. The van der Waals surface area contributed by atoms with Crippen molar-refractivity contribution in [3.05, 3.63) is 59.7 Å². The van der Waals surface area contributed by atoms with Crippen LogP contribution in [0.1, 0.15) is 18.1 Å². The first-order valence-electron chi connectivity index (χ1n) is 9.59. The molecule has 1 fully saturated rings. The monoisotopic (exact) mass is 349 g/mol. The van der Waals surface area contributed by atoms with Crippen LogP contribution in [0.25, 0.3) is 0 Å². The van der Waals surface area contributed by atoms with Crippen LogP contribution in [-0.2, 0) is 11.2 Å². The van der Waals surface area contributed by atoms with Crippen molar-refractivity contribution in [3.63, 3.8) is 0 Å². The number of anilines is 2. The van der Waals surface area contributed by atoms with E-state index in [0.29, 0.717) is 0 Å². The summed E-state index contributed by atoms with van der Waals surface area (Å²) in [4.78, 5) is 19.8. The summed E-state index contributed by atoms with van der Waals surface area (Å²) in [6.45, 7) is 8.84. The van der Waals surface area contributed by atoms with Gasteiger partial charge in [-0.15, -0.1) is 0 Å². The second-order valence-corrected chi connectivity index (χ2v) is 7.35. The number of nitrogens with zero attached hydrogens (tertiary/aromatic N) is 3. The van der Waals surface area contributed by atoms with Crippen molar-refractivity contribution in [3.8, 4) is 0 Å². The topological polar surface area (TPSA) is 26.8 Å². The van der Waals surface area contributed by atoms with Gasteiger partial charge in [0.05, 0.1) is 6.04 Å². The minimum Gasteiger partial charge on any atom is -0.369 e. The largest absolute Gasteiger partial charge is 0.369 e. The van der Waals surface area contributed by atoms with Crippen LogP contribution in [-0.4, -0.2) is 49.6 Å². The van der Waals surface area contributed by atoms with Crippen LogP contribution >= 0.6 is 0 Å². The zero-order valence-corrected chi connectivity index (χ0v) is 15.7. The number of piperazine rings is 1. The van der Waals surface area contributed by atoms with Gasteiger partial charge >= 0.3 is 0 Å². The van der Waals surface area contributed by atoms with E-state index in [1.54, 1.807) is 0 Å². The van der Waals surface area contributed by atoms with Crippen molar-refractivity contribution in [2.75, 3.05) is 42.5 Å². The molecule has 2 aliphatic rings. The van der Waals surface area contributed by atoms with Crippen LogP contribution in [0, 0.1) is 6.92 Å². The van der Waals surface area contributed by atoms with Gasteiger partial charge in [0.15, 0.2) is 0 Å². The highest BCUT2D eigenvalue weighted by Crippen LogP contribution is 2.29. The Morgan fingerprint density at radius 3 is 2.27 bits per heavy atom.